The van der Waals surface area contributed by atoms with Gasteiger partial charge in [-0.3, -0.25) is 4.99 Å². The van der Waals surface area contributed by atoms with Crippen LogP contribution in [0.25, 0.3) is 0 Å². The van der Waals surface area contributed by atoms with E-state index in [1.165, 1.54) is 25.9 Å². The van der Waals surface area contributed by atoms with E-state index < -0.39 is 6.10 Å². The molecule has 0 saturated carbocycles. The van der Waals surface area contributed by atoms with Gasteiger partial charge in [-0.1, -0.05) is 0 Å². The Balaban J connectivity index is 1.78. The molecule has 0 unspecified atom stereocenters. The summed E-state index contributed by atoms with van der Waals surface area (Å²) in [6.45, 7) is 6.37. The Morgan fingerprint density at radius 1 is 1.24 bits per heavy atom. The molecule has 0 radical (unpaired) electrons. The van der Waals surface area contributed by atoms with Crippen LogP contribution in [-0.2, 0) is 4.74 Å². The monoisotopic (exact) mass is 351 g/mol. The van der Waals surface area contributed by atoms with Crippen molar-refractivity contribution < 1.29 is 24.2 Å². The molecule has 1 aromatic carbocycles. The van der Waals surface area contributed by atoms with E-state index in [1.54, 1.807) is 24.3 Å². The van der Waals surface area contributed by atoms with Crippen molar-refractivity contribution in [3.05, 3.63) is 24.3 Å². The summed E-state index contributed by atoms with van der Waals surface area (Å²) in [6.07, 6.45) is 2.60. The molecular weight excluding hydrogens is 320 g/mol. The van der Waals surface area contributed by atoms with Gasteiger partial charge in [0.2, 0.25) is 6.10 Å². The third-order valence-corrected chi connectivity index (χ3v) is 4.58. The Labute approximate surface area is 150 Å². The third kappa shape index (κ3) is 7.02. The minimum absolute atomic E-state index is 0.0668. The first kappa shape index (κ1) is 19.7. The van der Waals surface area contributed by atoms with Crippen LogP contribution in [-0.4, -0.2) is 68.1 Å². The molecule has 0 amide bonds. The van der Waals surface area contributed by atoms with Crippen LogP contribution in [0.1, 0.15) is 26.2 Å². The average Bonchev–Trinajstić information content (AvgIpc) is 3.05. The van der Waals surface area contributed by atoms with E-state index in [4.69, 9.17) is 14.6 Å². The predicted octanol–water partition coefficient (Wildman–Crippen LogP) is 1.22. The van der Waals surface area contributed by atoms with Gasteiger partial charge in [-0.25, -0.2) is 0 Å². The predicted molar refractivity (Wildman–Crippen MR) is 97.6 cm³/mol. The summed E-state index contributed by atoms with van der Waals surface area (Å²) in [6, 6.07) is 7.13. The number of nitrogens with zero attached hydrogens (tertiary/aromatic N) is 2. The van der Waals surface area contributed by atoms with E-state index in [2.05, 4.69) is 12.0 Å². The van der Waals surface area contributed by atoms with Gasteiger partial charge in [0, 0.05) is 25.9 Å². The van der Waals surface area contributed by atoms with Crippen LogP contribution in [0.5, 0.6) is 5.75 Å². The minimum Gasteiger partial charge on any atom is -0.862 e. The quantitative estimate of drug-likeness (QED) is 0.275. The van der Waals surface area contributed by atoms with Gasteiger partial charge in [-0.15, -0.1) is 0 Å². The zero-order valence-corrected chi connectivity index (χ0v) is 15.4. The molecule has 25 heavy (non-hydrogen) atoms. The highest BCUT2D eigenvalue weighted by molar-refractivity contribution is 5.75. The van der Waals surface area contributed by atoms with Crippen molar-refractivity contribution in [2.45, 2.75) is 32.3 Å². The highest BCUT2D eigenvalue weighted by Gasteiger charge is 2.25. The van der Waals surface area contributed by atoms with Crippen LogP contribution >= 0.6 is 0 Å². The topological polar surface area (TPSA) is 76.8 Å². The molecule has 1 saturated heterocycles. The zero-order valence-electron chi connectivity index (χ0n) is 15.4. The standard InChI is InChI=1S/C19H30N2O4/c1-3-24-14-17(22)15-25-18-8-6-16(7-9-18)20-19(23)10-13-21(2)11-4-5-12-21/h6-9,17,22H,3-5,10-15H2,1-2H3/p+1/t17-/m0/s1. The normalized spacial score (nSPS) is 18.3. The molecule has 1 atom stereocenters. The molecule has 1 aromatic rings. The summed E-state index contributed by atoms with van der Waals surface area (Å²) < 4.78 is 11.7. The molecule has 1 aliphatic heterocycles. The molecule has 1 fully saturated rings. The summed E-state index contributed by atoms with van der Waals surface area (Å²) in [4.78, 5) is 4.17. The van der Waals surface area contributed by atoms with Crippen molar-refractivity contribution in [3.8, 4) is 5.75 Å². The summed E-state index contributed by atoms with van der Waals surface area (Å²) in [5.74, 6) is 0.609. The molecule has 6 nitrogen and oxygen atoms in total. The van der Waals surface area contributed by atoms with Crippen molar-refractivity contribution in [1.82, 2.24) is 0 Å². The SMILES string of the molecule is CCOC[C@H]([OH2+])COc1ccc(N=C([O-])CC[N+]2(C)CCCC2)cc1. The van der Waals surface area contributed by atoms with Gasteiger partial charge in [-0.05, 0) is 37.1 Å². The lowest BCUT2D eigenvalue weighted by Gasteiger charge is -2.30. The van der Waals surface area contributed by atoms with Gasteiger partial charge in [0.25, 0.3) is 0 Å². The molecule has 6 heteroatoms. The van der Waals surface area contributed by atoms with E-state index in [-0.39, 0.29) is 12.5 Å². The molecule has 0 spiro atoms. The Bertz CT molecular complexity index is 539. The van der Waals surface area contributed by atoms with Crippen LogP contribution in [0.3, 0.4) is 0 Å². The number of benzene rings is 1. The molecular formula is C19H31N2O4+. The van der Waals surface area contributed by atoms with Gasteiger partial charge in [0.15, 0.2) is 6.61 Å². The lowest BCUT2D eigenvalue weighted by atomic mass is 10.3. The fourth-order valence-corrected chi connectivity index (χ4v) is 3.01. The van der Waals surface area contributed by atoms with E-state index >= 15 is 0 Å². The first-order valence-electron chi connectivity index (χ1n) is 9.10. The van der Waals surface area contributed by atoms with E-state index in [1.807, 2.05) is 6.92 Å². The summed E-state index contributed by atoms with van der Waals surface area (Å²) >= 11 is 0. The molecule has 2 rings (SSSR count). The number of aliphatic imine (C=N–C) groups is 1. The Morgan fingerprint density at radius 2 is 1.92 bits per heavy atom. The second-order valence-corrected chi connectivity index (χ2v) is 6.91. The van der Waals surface area contributed by atoms with E-state index in [0.717, 1.165) is 11.0 Å². The Hall–Kier alpha value is -1.63. The van der Waals surface area contributed by atoms with Crippen LogP contribution in [0.4, 0.5) is 5.69 Å². The summed E-state index contributed by atoms with van der Waals surface area (Å²) in [5.41, 5.74) is 0.651. The molecule has 0 aliphatic carbocycles. The first-order valence-corrected chi connectivity index (χ1v) is 9.10. The number of likely N-dealkylation sites (tertiary alicyclic amines) is 1. The van der Waals surface area contributed by atoms with Crippen LogP contribution in [0, 0.1) is 0 Å². The van der Waals surface area contributed by atoms with E-state index in [0.29, 0.717) is 31.1 Å². The number of hydrogen-bond acceptors (Lipinski definition) is 4. The fourth-order valence-electron chi connectivity index (χ4n) is 3.01. The molecule has 2 N–H and O–H groups in total. The van der Waals surface area contributed by atoms with Crippen LogP contribution in [0.2, 0.25) is 0 Å². The first-order chi connectivity index (χ1) is 12.0. The third-order valence-electron chi connectivity index (χ3n) is 4.58. The van der Waals surface area contributed by atoms with Gasteiger partial charge < -0.3 is 24.2 Å². The smallest absolute Gasteiger partial charge is 0.212 e. The zero-order chi connectivity index (χ0) is 18.1. The Kier molecular flexibility index (Phi) is 7.68. The maximum atomic E-state index is 12.1. The maximum Gasteiger partial charge on any atom is 0.212 e. The minimum atomic E-state index is -0.402. The lowest BCUT2D eigenvalue weighted by Crippen LogP contribution is -2.43. The highest BCUT2D eigenvalue weighted by Crippen LogP contribution is 2.20. The van der Waals surface area contributed by atoms with Crippen molar-refractivity contribution >= 4 is 11.6 Å². The molecule has 140 valence electrons. The number of hydrogen-bond donors (Lipinski definition) is 0. The lowest BCUT2D eigenvalue weighted by molar-refractivity contribution is -0.897. The van der Waals surface area contributed by atoms with Crippen LogP contribution in [0.15, 0.2) is 29.3 Å². The van der Waals surface area contributed by atoms with Crippen molar-refractivity contribution in [2.24, 2.45) is 4.99 Å². The molecule has 0 bridgehead atoms. The second-order valence-electron chi connectivity index (χ2n) is 6.91. The van der Waals surface area contributed by atoms with Crippen molar-refractivity contribution in [1.29, 1.82) is 0 Å². The number of ether oxygens (including phenoxy) is 2. The Morgan fingerprint density at radius 3 is 2.56 bits per heavy atom. The van der Waals surface area contributed by atoms with Gasteiger partial charge in [-0.2, -0.15) is 0 Å². The van der Waals surface area contributed by atoms with E-state index in [9.17, 15) is 5.11 Å². The fraction of sp³-hybridized carbons (Fsp3) is 0.632. The average molecular weight is 351 g/mol. The number of rotatable bonds is 10. The maximum absolute atomic E-state index is 12.1. The van der Waals surface area contributed by atoms with Gasteiger partial charge in [0.1, 0.15) is 12.4 Å². The highest BCUT2D eigenvalue weighted by atomic mass is 16.5. The largest absolute Gasteiger partial charge is 0.862 e. The molecule has 0 aromatic heterocycles. The van der Waals surface area contributed by atoms with Crippen molar-refractivity contribution in [2.75, 3.05) is 46.5 Å². The summed E-state index contributed by atoms with van der Waals surface area (Å²) in [7, 11) is 2.22. The van der Waals surface area contributed by atoms with Gasteiger partial charge >= 0.3 is 0 Å². The van der Waals surface area contributed by atoms with Crippen LogP contribution < -0.4 is 9.84 Å². The van der Waals surface area contributed by atoms with Gasteiger partial charge in [0.05, 0.1) is 32.4 Å². The molecule has 1 heterocycles. The van der Waals surface area contributed by atoms with Crippen molar-refractivity contribution in [3.63, 3.8) is 0 Å². The summed E-state index contributed by atoms with van der Waals surface area (Å²) in [5, 5.41) is 19.8. The molecule has 1 aliphatic rings. The second kappa shape index (κ2) is 9.75. The number of quaternary nitrogens is 1.